The number of H-pyrrole nitrogens is 2. The van der Waals surface area contributed by atoms with Crippen molar-refractivity contribution in [3.8, 4) is 0 Å². The Kier molecular flexibility index (Phi) is 5.57. The van der Waals surface area contributed by atoms with E-state index >= 15 is 0 Å². The smallest absolute Gasteiger partial charge is 0.360 e. The maximum Gasteiger partial charge on any atom is 0.360 e. The second-order valence-electron chi connectivity index (χ2n) is 3.59. The average molecular weight is 312 g/mol. The van der Waals surface area contributed by atoms with Gasteiger partial charge in [-0.3, -0.25) is 5.10 Å². The van der Waals surface area contributed by atoms with Crippen molar-refractivity contribution in [3.63, 3.8) is 0 Å². The van der Waals surface area contributed by atoms with Crippen LogP contribution in [-0.2, 0) is 9.47 Å². The lowest BCUT2D eigenvalue weighted by Gasteiger charge is -1.90. The molecule has 0 bridgehead atoms. The molecule has 0 fully saturated rings. The van der Waals surface area contributed by atoms with Crippen molar-refractivity contribution in [1.29, 1.82) is 0 Å². The molecule has 0 saturated heterocycles. The summed E-state index contributed by atoms with van der Waals surface area (Å²) in [5, 5.41) is 21.5. The fourth-order valence-corrected chi connectivity index (χ4v) is 1.17. The minimum atomic E-state index is -0.709. The summed E-state index contributed by atoms with van der Waals surface area (Å²) in [5.74, 6) is -1.24. The first-order valence-corrected chi connectivity index (χ1v) is 5.56. The molecule has 12 heteroatoms. The maximum atomic E-state index is 10.7. The summed E-state index contributed by atoms with van der Waals surface area (Å²) >= 11 is 0. The summed E-state index contributed by atoms with van der Waals surface area (Å²) in [4.78, 5) is 30.8. The molecule has 22 heavy (non-hydrogen) atoms. The van der Waals surface area contributed by atoms with Crippen molar-refractivity contribution >= 4 is 23.6 Å². The zero-order valence-electron chi connectivity index (χ0n) is 11.5. The molecule has 0 aromatic carbocycles. The Hall–Kier alpha value is -3.44. The first kappa shape index (κ1) is 16.6. The van der Waals surface area contributed by atoms with Crippen LogP contribution in [0.2, 0.25) is 0 Å². The number of anilines is 1. The van der Waals surface area contributed by atoms with Crippen molar-refractivity contribution in [2.24, 2.45) is 0 Å². The van der Waals surface area contributed by atoms with E-state index in [4.69, 9.17) is 5.73 Å². The van der Waals surface area contributed by atoms with Gasteiger partial charge in [-0.25, -0.2) is 9.59 Å². The Morgan fingerprint density at radius 3 is 2.23 bits per heavy atom. The average Bonchev–Trinajstić information content (AvgIpc) is 3.15. The molecule has 0 spiro atoms. The molecule has 2 rings (SSSR count). The summed E-state index contributed by atoms with van der Waals surface area (Å²) in [7, 11) is 2.46. The number of carbonyl (C=O) groups is 2. The molecule has 0 aliphatic heterocycles. The number of rotatable bonds is 3. The highest BCUT2D eigenvalue weighted by Gasteiger charge is 2.16. The van der Waals surface area contributed by atoms with E-state index in [2.05, 4.69) is 29.9 Å². The van der Waals surface area contributed by atoms with Gasteiger partial charge in [0.25, 0.3) is 0 Å². The Morgan fingerprint density at radius 2 is 1.82 bits per heavy atom. The number of nitrogens with two attached hydrogens (primary N) is 1. The third-order valence-corrected chi connectivity index (χ3v) is 2.16. The van der Waals surface area contributed by atoms with Crippen LogP contribution in [-0.4, -0.2) is 51.5 Å². The molecule has 0 unspecified atom stereocenters. The summed E-state index contributed by atoms with van der Waals surface area (Å²) in [6, 6.07) is 2.41. The van der Waals surface area contributed by atoms with Crippen LogP contribution in [0.3, 0.4) is 0 Å². The number of aromatic amines is 2. The van der Waals surface area contributed by atoms with Gasteiger partial charge in [-0.15, -0.1) is 5.10 Å². The first-order valence-electron chi connectivity index (χ1n) is 5.56. The van der Waals surface area contributed by atoms with Crippen molar-refractivity contribution < 1.29 is 24.0 Å². The molecule has 0 radical (unpaired) electrons. The molecule has 0 aliphatic carbocycles. The van der Waals surface area contributed by atoms with Gasteiger partial charge in [0.1, 0.15) is 11.5 Å². The molecule has 0 amide bonds. The van der Waals surface area contributed by atoms with Gasteiger partial charge in [0.15, 0.2) is 5.69 Å². The molecule has 12 nitrogen and oxygen atoms in total. The number of carbonyl (C=O) groups excluding carboxylic acids is 2. The monoisotopic (exact) mass is 312 g/mol. The molecule has 0 atom stereocenters. The normalized spacial score (nSPS) is 9.36. The zero-order valence-corrected chi connectivity index (χ0v) is 11.5. The summed E-state index contributed by atoms with van der Waals surface area (Å²) in [6.45, 7) is 0. The molecule has 118 valence electrons. The largest absolute Gasteiger partial charge is 0.464 e. The number of nitrogens with zero attached hydrogens (tertiary/aromatic N) is 3. The zero-order chi connectivity index (χ0) is 16.7. The Balaban J connectivity index is 0.000000224. The number of hydrogen-bond acceptors (Lipinski definition) is 9. The fourth-order valence-electron chi connectivity index (χ4n) is 1.17. The van der Waals surface area contributed by atoms with Crippen LogP contribution in [0.25, 0.3) is 0 Å². The van der Waals surface area contributed by atoms with E-state index in [1.807, 2.05) is 0 Å². The van der Waals surface area contributed by atoms with Crippen LogP contribution >= 0.6 is 0 Å². The van der Waals surface area contributed by atoms with E-state index in [1.54, 1.807) is 0 Å². The third-order valence-electron chi connectivity index (χ3n) is 2.16. The van der Waals surface area contributed by atoms with E-state index in [1.165, 1.54) is 20.3 Å². The predicted octanol–water partition coefficient (Wildman–Crippen LogP) is -0.117. The number of nitro groups is 1. The summed E-state index contributed by atoms with van der Waals surface area (Å²) in [5.41, 5.74) is 5.38. The number of nitrogen functional groups attached to an aromatic ring is 1. The highest BCUT2D eigenvalue weighted by Crippen LogP contribution is 2.08. The van der Waals surface area contributed by atoms with Crippen LogP contribution in [0, 0.1) is 10.1 Å². The van der Waals surface area contributed by atoms with Gasteiger partial charge in [0.05, 0.1) is 20.3 Å². The maximum absolute atomic E-state index is 10.7. The second kappa shape index (κ2) is 7.37. The number of hydrogen-bond donors (Lipinski definition) is 3. The Bertz CT molecular complexity index is 677. The lowest BCUT2D eigenvalue weighted by atomic mass is 10.4. The van der Waals surface area contributed by atoms with E-state index in [0.29, 0.717) is 0 Å². The Labute approximate surface area is 122 Å². The van der Waals surface area contributed by atoms with E-state index in [-0.39, 0.29) is 23.0 Å². The Morgan fingerprint density at radius 1 is 1.18 bits per heavy atom. The fraction of sp³-hybridized carbons (Fsp3) is 0.200. The molecule has 2 aromatic rings. The van der Waals surface area contributed by atoms with Gasteiger partial charge in [0, 0.05) is 6.07 Å². The van der Waals surface area contributed by atoms with Crippen LogP contribution < -0.4 is 5.73 Å². The number of methoxy groups -OCH3 is 2. The second-order valence-corrected chi connectivity index (χ2v) is 3.59. The highest BCUT2D eigenvalue weighted by molar-refractivity contribution is 5.88. The van der Waals surface area contributed by atoms with Gasteiger partial charge in [-0.05, 0) is 4.92 Å². The molecule has 0 saturated carbocycles. The van der Waals surface area contributed by atoms with Gasteiger partial charge in [-0.1, -0.05) is 5.10 Å². The van der Waals surface area contributed by atoms with Crippen LogP contribution in [0.1, 0.15) is 21.0 Å². The van der Waals surface area contributed by atoms with Crippen molar-refractivity contribution in [2.75, 3.05) is 20.0 Å². The van der Waals surface area contributed by atoms with Crippen molar-refractivity contribution in [1.82, 2.24) is 20.4 Å². The molecule has 4 N–H and O–H groups in total. The van der Waals surface area contributed by atoms with Crippen molar-refractivity contribution in [3.05, 3.63) is 33.6 Å². The minimum absolute atomic E-state index is 0.107. The number of aromatic nitrogens is 4. The molecule has 2 heterocycles. The molecule has 2 aromatic heterocycles. The SMILES string of the molecule is COC(=O)c1cc(N)n[nH]1.COC(=O)c1cc([N+](=O)[O-])[nH]n1. The number of nitrogens with one attached hydrogen (secondary N) is 2. The topological polar surface area (TPSA) is 179 Å². The first-order chi connectivity index (χ1) is 10.4. The van der Waals surface area contributed by atoms with Crippen LogP contribution in [0.4, 0.5) is 11.6 Å². The van der Waals surface area contributed by atoms with Crippen LogP contribution in [0.15, 0.2) is 12.1 Å². The standard InChI is InChI=1S/C5H5N3O4.C5H7N3O2/c1-12-5(9)3-2-4(7-6-3)8(10)11;1-10-5(9)3-2-4(6)8-7-3/h2H,1H3,(H,6,7);2H,1H3,(H3,6,7,8). The number of ether oxygens (including phenoxy) is 2. The molecule has 0 aliphatic rings. The van der Waals surface area contributed by atoms with Gasteiger partial charge in [0.2, 0.25) is 0 Å². The van der Waals surface area contributed by atoms with Crippen molar-refractivity contribution in [2.45, 2.75) is 0 Å². The van der Waals surface area contributed by atoms with Gasteiger partial charge in [-0.2, -0.15) is 5.10 Å². The molecular formula is C10H12N6O6. The van der Waals surface area contributed by atoms with E-state index < -0.39 is 16.9 Å². The summed E-state index contributed by atoms with van der Waals surface area (Å²) in [6.07, 6.45) is 0. The number of esters is 2. The van der Waals surface area contributed by atoms with Gasteiger partial charge >= 0.3 is 17.8 Å². The highest BCUT2D eigenvalue weighted by atomic mass is 16.6. The third kappa shape index (κ3) is 4.29. The van der Waals surface area contributed by atoms with E-state index in [9.17, 15) is 19.7 Å². The van der Waals surface area contributed by atoms with E-state index in [0.717, 1.165) is 6.07 Å². The quantitative estimate of drug-likeness (QED) is 0.395. The summed E-state index contributed by atoms with van der Waals surface area (Å²) < 4.78 is 8.67. The lowest BCUT2D eigenvalue weighted by Crippen LogP contribution is -2.00. The predicted molar refractivity (Wildman–Crippen MR) is 70.9 cm³/mol. The lowest BCUT2D eigenvalue weighted by molar-refractivity contribution is -0.389. The van der Waals surface area contributed by atoms with Crippen LogP contribution in [0.5, 0.6) is 0 Å². The molecular weight excluding hydrogens is 300 g/mol. The minimum Gasteiger partial charge on any atom is -0.464 e. The van der Waals surface area contributed by atoms with Gasteiger partial charge < -0.3 is 25.3 Å².